The lowest BCUT2D eigenvalue weighted by Crippen LogP contribution is -2.47. The summed E-state index contributed by atoms with van der Waals surface area (Å²) in [6, 6.07) is 11.8. The molecule has 0 radical (unpaired) electrons. The van der Waals surface area contributed by atoms with Crippen LogP contribution in [0.25, 0.3) is 0 Å². The van der Waals surface area contributed by atoms with Crippen LogP contribution in [0.15, 0.2) is 54.8 Å². The van der Waals surface area contributed by atoms with Gasteiger partial charge in [-0.3, -0.25) is 0 Å². The van der Waals surface area contributed by atoms with Gasteiger partial charge >= 0.3 is 0 Å². The molecule has 0 amide bonds. The van der Waals surface area contributed by atoms with Crippen LogP contribution in [0.2, 0.25) is 5.02 Å². The Labute approximate surface area is 155 Å². The summed E-state index contributed by atoms with van der Waals surface area (Å²) in [5, 5.41) is 30.3. The normalized spacial score (nSPS) is 25.5. The van der Waals surface area contributed by atoms with Gasteiger partial charge in [0.15, 0.2) is 6.10 Å². The third-order valence-corrected chi connectivity index (χ3v) is 4.48. The molecule has 26 heavy (non-hydrogen) atoms. The standard InChI is InChI=1S/C19H19ClO6/c1-10-16(21)17(22)18(23)19(25-10)11-3-8-14(20)15(9-11)26-13-6-4-12(24-2)5-7-13/h3-9,16-19,21-23H,1H2,2H3/t16-,17+,18-,19+/m1/s1. The second kappa shape index (κ2) is 7.55. The SMILES string of the molecule is C=C1O[C@@H](c2ccc(Cl)c(Oc3ccc(OC)cc3)c2)[C@H](O)[C@@H](O)[C@@H]1O. The van der Waals surface area contributed by atoms with Crippen LogP contribution in [-0.2, 0) is 4.74 Å². The highest BCUT2D eigenvalue weighted by atomic mass is 35.5. The molecule has 2 aromatic carbocycles. The maximum atomic E-state index is 10.2. The summed E-state index contributed by atoms with van der Waals surface area (Å²) in [5.74, 6) is 1.59. The van der Waals surface area contributed by atoms with Crippen LogP contribution in [0, 0.1) is 0 Å². The number of aliphatic hydroxyl groups is 3. The fourth-order valence-electron chi connectivity index (χ4n) is 2.67. The van der Waals surface area contributed by atoms with Crippen molar-refractivity contribution in [3.05, 3.63) is 65.4 Å². The van der Waals surface area contributed by atoms with Crippen LogP contribution in [0.5, 0.6) is 17.2 Å². The number of hydrogen-bond donors (Lipinski definition) is 3. The predicted molar refractivity (Wildman–Crippen MR) is 95.5 cm³/mol. The average Bonchev–Trinajstić information content (AvgIpc) is 2.65. The zero-order valence-electron chi connectivity index (χ0n) is 14.0. The number of ether oxygens (including phenoxy) is 3. The van der Waals surface area contributed by atoms with E-state index >= 15 is 0 Å². The van der Waals surface area contributed by atoms with E-state index in [1.165, 1.54) is 0 Å². The molecule has 0 bridgehead atoms. The first-order valence-corrected chi connectivity index (χ1v) is 8.29. The van der Waals surface area contributed by atoms with E-state index in [0.717, 1.165) is 0 Å². The monoisotopic (exact) mass is 378 g/mol. The molecule has 1 saturated heterocycles. The molecule has 0 aromatic heterocycles. The minimum Gasteiger partial charge on any atom is -0.497 e. The van der Waals surface area contributed by atoms with E-state index < -0.39 is 24.4 Å². The lowest BCUT2D eigenvalue weighted by atomic mass is 9.93. The van der Waals surface area contributed by atoms with Gasteiger partial charge in [0.2, 0.25) is 0 Å². The van der Waals surface area contributed by atoms with Gasteiger partial charge in [-0.05, 0) is 42.0 Å². The number of methoxy groups -OCH3 is 1. The summed E-state index contributed by atoms with van der Waals surface area (Å²) < 4.78 is 16.4. The fourth-order valence-corrected chi connectivity index (χ4v) is 2.83. The smallest absolute Gasteiger partial charge is 0.152 e. The molecule has 138 valence electrons. The van der Waals surface area contributed by atoms with Gasteiger partial charge in [-0.1, -0.05) is 24.2 Å². The van der Waals surface area contributed by atoms with Crippen molar-refractivity contribution < 1.29 is 29.5 Å². The molecule has 3 N–H and O–H groups in total. The van der Waals surface area contributed by atoms with Crippen molar-refractivity contribution in [3.63, 3.8) is 0 Å². The topological polar surface area (TPSA) is 88.4 Å². The number of aliphatic hydroxyl groups excluding tert-OH is 3. The van der Waals surface area contributed by atoms with E-state index in [2.05, 4.69) is 6.58 Å². The summed E-state index contributed by atoms with van der Waals surface area (Å²) in [5.41, 5.74) is 0.525. The van der Waals surface area contributed by atoms with E-state index in [-0.39, 0.29) is 5.76 Å². The Bertz CT molecular complexity index is 791. The quantitative estimate of drug-likeness (QED) is 0.758. The first-order chi connectivity index (χ1) is 12.4. The van der Waals surface area contributed by atoms with Crippen molar-refractivity contribution in [2.45, 2.75) is 24.4 Å². The summed E-state index contributed by atoms with van der Waals surface area (Å²) in [6.07, 6.45) is -4.98. The molecule has 1 aliphatic heterocycles. The van der Waals surface area contributed by atoms with Crippen molar-refractivity contribution in [2.24, 2.45) is 0 Å². The van der Waals surface area contributed by atoms with Gasteiger partial charge in [0, 0.05) is 0 Å². The Hall–Kier alpha value is -2.25. The molecule has 7 heteroatoms. The van der Waals surface area contributed by atoms with Gasteiger partial charge in [-0.2, -0.15) is 0 Å². The maximum Gasteiger partial charge on any atom is 0.152 e. The lowest BCUT2D eigenvalue weighted by molar-refractivity contribution is -0.157. The highest BCUT2D eigenvalue weighted by Crippen LogP contribution is 2.38. The summed E-state index contributed by atoms with van der Waals surface area (Å²) in [7, 11) is 1.57. The molecular formula is C19H19ClO6. The van der Waals surface area contributed by atoms with Crippen LogP contribution in [-0.4, -0.2) is 40.7 Å². The highest BCUT2D eigenvalue weighted by Gasteiger charge is 2.41. The molecule has 0 aliphatic carbocycles. The largest absolute Gasteiger partial charge is 0.497 e. The van der Waals surface area contributed by atoms with Crippen LogP contribution in [0.3, 0.4) is 0 Å². The van der Waals surface area contributed by atoms with Gasteiger partial charge in [0.05, 0.1) is 12.1 Å². The molecule has 1 fully saturated rings. The first kappa shape index (κ1) is 18.5. The molecule has 6 nitrogen and oxygen atoms in total. The highest BCUT2D eigenvalue weighted by molar-refractivity contribution is 6.32. The molecule has 1 heterocycles. The van der Waals surface area contributed by atoms with Crippen LogP contribution in [0.4, 0.5) is 0 Å². The van der Waals surface area contributed by atoms with Gasteiger partial charge in [-0.25, -0.2) is 0 Å². The van der Waals surface area contributed by atoms with Gasteiger partial charge < -0.3 is 29.5 Å². The zero-order chi connectivity index (χ0) is 18.8. The Balaban J connectivity index is 1.86. The predicted octanol–water partition coefficient (Wildman–Crippen LogP) is 2.81. The van der Waals surface area contributed by atoms with Crippen molar-refractivity contribution in [2.75, 3.05) is 7.11 Å². The molecule has 1 aliphatic rings. The number of rotatable bonds is 4. The molecule has 0 saturated carbocycles. The van der Waals surface area contributed by atoms with Crippen LogP contribution < -0.4 is 9.47 Å². The Morgan fingerprint density at radius 1 is 1.00 bits per heavy atom. The first-order valence-electron chi connectivity index (χ1n) is 7.91. The lowest BCUT2D eigenvalue weighted by Gasteiger charge is -2.37. The van der Waals surface area contributed by atoms with E-state index in [1.54, 1.807) is 49.6 Å². The second-order valence-corrected chi connectivity index (χ2v) is 6.31. The molecule has 0 unspecified atom stereocenters. The molecule has 3 rings (SSSR count). The van der Waals surface area contributed by atoms with Crippen LogP contribution >= 0.6 is 11.6 Å². The van der Waals surface area contributed by atoms with E-state index in [4.69, 9.17) is 25.8 Å². The van der Waals surface area contributed by atoms with E-state index in [1.807, 2.05) is 0 Å². The number of hydrogen-bond acceptors (Lipinski definition) is 6. The summed E-state index contributed by atoms with van der Waals surface area (Å²) >= 11 is 6.20. The Morgan fingerprint density at radius 3 is 2.31 bits per heavy atom. The van der Waals surface area contributed by atoms with Crippen LogP contribution in [0.1, 0.15) is 11.7 Å². The summed E-state index contributed by atoms with van der Waals surface area (Å²) in [6.45, 7) is 3.57. The summed E-state index contributed by atoms with van der Waals surface area (Å²) in [4.78, 5) is 0. The van der Waals surface area contributed by atoms with Crippen molar-refractivity contribution in [3.8, 4) is 17.2 Å². The molecule has 2 aromatic rings. The minimum absolute atomic E-state index is 0.0135. The third-order valence-electron chi connectivity index (χ3n) is 4.16. The number of benzene rings is 2. The third kappa shape index (κ3) is 3.64. The van der Waals surface area contributed by atoms with Gasteiger partial charge in [0.1, 0.15) is 41.3 Å². The Morgan fingerprint density at radius 2 is 1.65 bits per heavy atom. The Kier molecular flexibility index (Phi) is 5.38. The van der Waals surface area contributed by atoms with E-state index in [0.29, 0.717) is 27.8 Å². The second-order valence-electron chi connectivity index (χ2n) is 5.90. The van der Waals surface area contributed by atoms with E-state index in [9.17, 15) is 15.3 Å². The van der Waals surface area contributed by atoms with Crippen molar-refractivity contribution >= 4 is 11.6 Å². The maximum absolute atomic E-state index is 10.2. The van der Waals surface area contributed by atoms with Gasteiger partial charge in [-0.15, -0.1) is 0 Å². The number of halogens is 1. The fraction of sp³-hybridized carbons (Fsp3) is 0.263. The zero-order valence-corrected chi connectivity index (χ0v) is 14.8. The van der Waals surface area contributed by atoms with Crippen molar-refractivity contribution in [1.82, 2.24) is 0 Å². The molecule has 4 atom stereocenters. The minimum atomic E-state index is -1.40. The molecular weight excluding hydrogens is 360 g/mol. The van der Waals surface area contributed by atoms with Crippen molar-refractivity contribution in [1.29, 1.82) is 0 Å². The molecule has 0 spiro atoms. The average molecular weight is 379 g/mol. The van der Waals surface area contributed by atoms with Gasteiger partial charge in [0.25, 0.3) is 0 Å².